The van der Waals surface area contributed by atoms with Crippen molar-refractivity contribution in [3.05, 3.63) is 47.1 Å². The van der Waals surface area contributed by atoms with Crippen LogP contribution in [0.15, 0.2) is 28.8 Å². The van der Waals surface area contributed by atoms with Gasteiger partial charge in [0.05, 0.1) is 0 Å². The maximum atomic E-state index is 4.95. The molecule has 2 aromatic rings. The maximum Gasteiger partial charge on any atom is 0.254 e. The van der Waals surface area contributed by atoms with Crippen molar-refractivity contribution >= 4 is 0 Å². The van der Waals surface area contributed by atoms with E-state index in [0.29, 0.717) is 18.1 Å². The minimum Gasteiger partial charge on any atom is -0.337 e. The molecule has 0 saturated heterocycles. The molecule has 1 aromatic carbocycles. The van der Waals surface area contributed by atoms with Gasteiger partial charge in [-0.25, -0.2) is 5.90 Å². The summed E-state index contributed by atoms with van der Waals surface area (Å²) in [6, 6.07) is 8.10. The van der Waals surface area contributed by atoms with Gasteiger partial charge in [-0.1, -0.05) is 29.4 Å². The van der Waals surface area contributed by atoms with Crippen molar-refractivity contribution in [3.63, 3.8) is 0 Å². The van der Waals surface area contributed by atoms with E-state index in [0.717, 1.165) is 0 Å². The molecular formula is C11H13N3O2. The fourth-order valence-electron chi connectivity index (χ4n) is 1.47. The Kier molecular flexibility index (Phi) is 3.28. The van der Waals surface area contributed by atoms with Crippen molar-refractivity contribution in [1.29, 1.82) is 0 Å². The van der Waals surface area contributed by atoms with Gasteiger partial charge >= 0.3 is 0 Å². The molecule has 0 aliphatic rings. The van der Waals surface area contributed by atoms with E-state index < -0.39 is 0 Å². The van der Waals surface area contributed by atoms with Gasteiger partial charge in [-0.15, -0.1) is 0 Å². The van der Waals surface area contributed by atoms with Gasteiger partial charge in [-0.2, -0.15) is 4.98 Å². The fourth-order valence-corrected chi connectivity index (χ4v) is 1.47. The average molecular weight is 219 g/mol. The molecule has 0 atom stereocenters. The van der Waals surface area contributed by atoms with Gasteiger partial charge in [0.25, 0.3) is 5.89 Å². The molecule has 84 valence electrons. The Morgan fingerprint density at radius 2 is 2.19 bits per heavy atom. The van der Waals surface area contributed by atoms with Gasteiger partial charge < -0.3 is 4.52 Å². The predicted molar refractivity (Wildman–Crippen MR) is 57.3 cm³/mol. The predicted octanol–water partition coefficient (Wildman–Crippen LogP) is 1.36. The Hall–Kier alpha value is -1.72. The number of hydrogen-bond donors (Lipinski definition) is 1. The lowest BCUT2D eigenvalue weighted by molar-refractivity contribution is 0.0995. The lowest BCUT2D eigenvalue weighted by Crippen LogP contribution is -1.99. The Balaban J connectivity index is 2.11. The van der Waals surface area contributed by atoms with Crippen LogP contribution in [-0.2, 0) is 17.9 Å². The molecule has 2 N–H and O–H groups in total. The number of nitrogens with zero attached hydrogens (tertiary/aromatic N) is 2. The molecule has 0 saturated carbocycles. The van der Waals surface area contributed by atoms with Gasteiger partial charge in [-0.3, -0.25) is 4.84 Å². The Morgan fingerprint density at radius 1 is 1.38 bits per heavy atom. The maximum absolute atomic E-state index is 4.95. The first-order valence-electron chi connectivity index (χ1n) is 4.97. The summed E-state index contributed by atoms with van der Waals surface area (Å²) in [4.78, 5) is 8.57. The molecule has 0 aliphatic carbocycles. The first-order chi connectivity index (χ1) is 7.79. The topological polar surface area (TPSA) is 74.2 Å². The highest BCUT2D eigenvalue weighted by Crippen LogP contribution is 2.11. The fraction of sp³-hybridized carbons (Fsp3) is 0.273. The van der Waals surface area contributed by atoms with Crippen LogP contribution in [-0.4, -0.2) is 10.1 Å². The van der Waals surface area contributed by atoms with Gasteiger partial charge in [0.2, 0.25) is 0 Å². The number of hydrogen-bond acceptors (Lipinski definition) is 5. The lowest BCUT2D eigenvalue weighted by atomic mass is 10.1. The second-order valence-corrected chi connectivity index (χ2v) is 3.52. The number of aryl methyl sites for hydroxylation is 1. The van der Waals surface area contributed by atoms with Crippen LogP contribution < -0.4 is 5.90 Å². The minimum atomic E-state index is 0.140. The van der Waals surface area contributed by atoms with Crippen molar-refractivity contribution in [3.8, 4) is 0 Å². The molecule has 0 spiro atoms. The second kappa shape index (κ2) is 4.87. The van der Waals surface area contributed by atoms with E-state index in [2.05, 4.69) is 28.0 Å². The number of benzene rings is 1. The molecule has 2 rings (SSSR count). The van der Waals surface area contributed by atoms with Crippen LogP contribution in [0.5, 0.6) is 0 Å². The number of aromatic nitrogens is 2. The quantitative estimate of drug-likeness (QED) is 0.786. The molecule has 0 unspecified atom stereocenters. The zero-order chi connectivity index (χ0) is 11.4. The normalized spacial score (nSPS) is 10.6. The number of rotatable bonds is 4. The summed E-state index contributed by atoms with van der Waals surface area (Å²) < 4.78 is 4.95. The van der Waals surface area contributed by atoms with E-state index in [1.165, 1.54) is 11.1 Å². The van der Waals surface area contributed by atoms with Crippen LogP contribution in [0.3, 0.4) is 0 Å². The first-order valence-corrected chi connectivity index (χ1v) is 4.97. The van der Waals surface area contributed by atoms with Gasteiger partial charge in [0.15, 0.2) is 5.82 Å². The van der Waals surface area contributed by atoms with Crippen LogP contribution in [0.1, 0.15) is 22.8 Å². The highest BCUT2D eigenvalue weighted by molar-refractivity contribution is 5.27. The monoisotopic (exact) mass is 219 g/mol. The molecule has 16 heavy (non-hydrogen) atoms. The Labute approximate surface area is 93.2 Å². The third-order valence-corrected chi connectivity index (χ3v) is 2.33. The molecule has 1 heterocycles. The van der Waals surface area contributed by atoms with E-state index in [-0.39, 0.29) is 6.61 Å². The SMILES string of the molecule is Cc1ccccc1Cc1noc(CON)n1. The number of nitrogens with two attached hydrogens (primary N) is 1. The van der Waals surface area contributed by atoms with Crippen molar-refractivity contribution < 1.29 is 9.36 Å². The molecule has 0 fully saturated rings. The Bertz CT molecular complexity index is 468. The summed E-state index contributed by atoms with van der Waals surface area (Å²) in [5.74, 6) is 5.95. The van der Waals surface area contributed by atoms with E-state index in [1.807, 2.05) is 18.2 Å². The summed E-state index contributed by atoms with van der Waals surface area (Å²) in [5.41, 5.74) is 2.40. The third-order valence-electron chi connectivity index (χ3n) is 2.33. The Morgan fingerprint density at radius 3 is 2.94 bits per heavy atom. The summed E-state index contributed by atoms with van der Waals surface area (Å²) in [5, 5.41) is 3.85. The molecule has 0 bridgehead atoms. The van der Waals surface area contributed by atoms with Crippen molar-refractivity contribution in [2.75, 3.05) is 0 Å². The van der Waals surface area contributed by atoms with Crippen molar-refractivity contribution in [2.45, 2.75) is 20.0 Å². The highest BCUT2D eigenvalue weighted by atomic mass is 16.6. The van der Waals surface area contributed by atoms with E-state index in [1.54, 1.807) is 0 Å². The van der Waals surface area contributed by atoms with Gasteiger partial charge in [0.1, 0.15) is 6.61 Å². The largest absolute Gasteiger partial charge is 0.337 e. The van der Waals surface area contributed by atoms with E-state index in [4.69, 9.17) is 10.4 Å². The second-order valence-electron chi connectivity index (χ2n) is 3.52. The third kappa shape index (κ3) is 2.44. The molecule has 0 amide bonds. The first kappa shape index (κ1) is 10.8. The summed E-state index contributed by atoms with van der Waals surface area (Å²) in [6.45, 7) is 2.19. The van der Waals surface area contributed by atoms with E-state index >= 15 is 0 Å². The lowest BCUT2D eigenvalue weighted by Gasteiger charge is -2.00. The molecular weight excluding hydrogens is 206 g/mol. The molecule has 5 heteroatoms. The highest BCUT2D eigenvalue weighted by Gasteiger charge is 2.07. The van der Waals surface area contributed by atoms with Crippen LogP contribution in [0.25, 0.3) is 0 Å². The van der Waals surface area contributed by atoms with Crippen LogP contribution >= 0.6 is 0 Å². The minimum absolute atomic E-state index is 0.140. The average Bonchev–Trinajstić information content (AvgIpc) is 2.70. The van der Waals surface area contributed by atoms with Crippen LogP contribution in [0.4, 0.5) is 0 Å². The van der Waals surface area contributed by atoms with Crippen molar-refractivity contribution in [2.24, 2.45) is 5.90 Å². The zero-order valence-corrected chi connectivity index (χ0v) is 9.01. The summed E-state index contributed by atoms with van der Waals surface area (Å²) in [7, 11) is 0. The molecule has 0 radical (unpaired) electrons. The standard InChI is InChI=1S/C11H13N3O2/c1-8-4-2-3-5-9(8)6-10-13-11(7-15-12)16-14-10/h2-5H,6-7,12H2,1H3. The van der Waals surface area contributed by atoms with Crippen LogP contribution in [0.2, 0.25) is 0 Å². The van der Waals surface area contributed by atoms with Crippen LogP contribution in [0, 0.1) is 6.92 Å². The van der Waals surface area contributed by atoms with Gasteiger partial charge in [-0.05, 0) is 18.1 Å². The molecule has 5 nitrogen and oxygen atoms in total. The molecule has 1 aromatic heterocycles. The smallest absolute Gasteiger partial charge is 0.254 e. The summed E-state index contributed by atoms with van der Waals surface area (Å²) in [6.07, 6.45) is 0.654. The zero-order valence-electron chi connectivity index (χ0n) is 9.01. The molecule has 0 aliphatic heterocycles. The summed E-state index contributed by atoms with van der Waals surface area (Å²) >= 11 is 0. The van der Waals surface area contributed by atoms with Crippen molar-refractivity contribution in [1.82, 2.24) is 10.1 Å². The van der Waals surface area contributed by atoms with E-state index in [9.17, 15) is 0 Å². The van der Waals surface area contributed by atoms with Gasteiger partial charge in [0, 0.05) is 6.42 Å².